The maximum Gasteiger partial charge on any atom is 0.573 e. The molecule has 0 saturated carbocycles. The highest BCUT2D eigenvalue weighted by atomic mass is 35.5. The number of rotatable bonds is 12. The number of hydrogen-bond donors (Lipinski definition) is 0. The summed E-state index contributed by atoms with van der Waals surface area (Å²) in [4.78, 5) is 14.2. The van der Waals surface area contributed by atoms with Gasteiger partial charge < -0.3 is 28.6 Å². The predicted molar refractivity (Wildman–Crippen MR) is 129 cm³/mol. The SMILES string of the molecule is C[C@H](COCCCCN(Cc1ccc(OC(F)(F)F)c(Cl)c1)C(=O)OC(C)(C)C)OC1CCCCO1. The van der Waals surface area contributed by atoms with E-state index in [1.807, 2.05) is 6.92 Å². The third-order valence-corrected chi connectivity index (χ3v) is 5.38. The topological polar surface area (TPSA) is 66.5 Å². The van der Waals surface area contributed by atoms with Crippen molar-refractivity contribution in [3.63, 3.8) is 0 Å². The maximum atomic E-state index is 12.7. The Morgan fingerprint density at radius 1 is 1.22 bits per heavy atom. The molecule has 1 saturated heterocycles. The second-order valence-electron chi connectivity index (χ2n) is 9.74. The van der Waals surface area contributed by atoms with Crippen LogP contribution in [0, 0.1) is 0 Å². The molecule has 1 unspecified atom stereocenters. The van der Waals surface area contributed by atoms with Crippen molar-refractivity contribution in [1.82, 2.24) is 4.90 Å². The Hall–Kier alpha value is -1.75. The van der Waals surface area contributed by atoms with Crippen LogP contribution in [-0.4, -0.2) is 61.7 Å². The third kappa shape index (κ3) is 12.5. The molecule has 1 heterocycles. The second kappa shape index (κ2) is 14.3. The zero-order chi connectivity index (χ0) is 26.8. The number of nitrogens with zero attached hydrogens (tertiary/aromatic N) is 1. The maximum absolute atomic E-state index is 12.7. The summed E-state index contributed by atoms with van der Waals surface area (Å²) in [6.07, 6.45) is -1.21. The van der Waals surface area contributed by atoms with Crippen molar-refractivity contribution in [1.29, 1.82) is 0 Å². The van der Waals surface area contributed by atoms with Gasteiger partial charge in [-0.15, -0.1) is 13.2 Å². The lowest BCUT2D eigenvalue weighted by molar-refractivity contribution is -0.274. The molecule has 7 nitrogen and oxygen atoms in total. The molecule has 1 aliphatic heterocycles. The summed E-state index contributed by atoms with van der Waals surface area (Å²) in [6, 6.07) is 3.92. The minimum absolute atomic E-state index is 0.0830. The number of carbonyl (C=O) groups is 1. The number of unbranched alkanes of at least 4 members (excludes halogenated alkanes) is 1. The fourth-order valence-electron chi connectivity index (χ4n) is 3.50. The van der Waals surface area contributed by atoms with Crippen LogP contribution in [0.1, 0.15) is 65.4 Å². The Morgan fingerprint density at radius 2 is 1.97 bits per heavy atom. The summed E-state index contributed by atoms with van der Waals surface area (Å²) in [5, 5.41) is -0.197. The summed E-state index contributed by atoms with van der Waals surface area (Å²) in [6.45, 7) is 9.39. The molecule has 1 aliphatic rings. The van der Waals surface area contributed by atoms with E-state index in [1.54, 1.807) is 20.8 Å². The monoisotopic (exact) mass is 539 g/mol. The van der Waals surface area contributed by atoms with Crippen LogP contribution in [0.3, 0.4) is 0 Å². The molecule has 0 aliphatic carbocycles. The summed E-state index contributed by atoms with van der Waals surface area (Å²) in [7, 11) is 0. The number of hydrogen-bond acceptors (Lipinski definition) is 6. The number of amides is 1. The molecule has 36 heavy (non-hydrogen) atoms. The van der Waals surface area contributed by atoms with E-state index in [2.05, 4.69) is 4.74 Å². The number of halogens is 4. The van der Waals surface area contributed by atoms with Crippen molar-refractivity contribution in [2.45, 2.75) is 90.7 Å². The van der Waals surface area contributed by atoms with Crippen LogP contribution in [0.5, 0.6) is 5.75 Å². The van der Waals surface area contributed by atoms with Crippen molar-refractivity contribution < 1.29 is 41.7 Å². The highest BCUT2D eigenvalue weighted by Gasteiger charge is 2.32. The normalized spacial score (nSPS) is 17.5. The average molecular weight is 540 g/mol. The van der Waals surface area contributed by atoms with Gasteiger partial charge in [-0.3, -0.25) is 0 Å². The summed E-state index contributed by atoms with van der Waals surface area (Å²) in [5.41, 5.74) is -0.147. The first-order valence-electron chi connectivity index (χ1n) is 12.2. The molecule has 1 aromatic rings. The molecular weight excluding hydrogens is 503 g/mol. The zero-order valence-corrected chi connectivity index (χ0v) is 22.1. The van der Waals surface area contributed by atoms with E-state index in [-0.39, 0.29) is 24.0 Å². The lowest BCUT2D eigenvalue weighted by atomic mass is 10.2. The van der Waals surface area contributed by atoms with E-state index in [9.17, 15) is 18.0 Å². The van der Waals surface area contributed by atoms with E-state index in [0.717, 1.165) is 31.9 Å². The number of carbonyl (C=O) groups excluding carboxylic acids is 1. The highest BCUT2D eigenvalue weighted by Crippen LogP contribution is 2.31. The third-order valence-electron chi connectivity index (χ3n) is 5.09. The van der Waals surface area contributed by atoms with E-state index in [0.29, 0.717) is 38.2 Å². The van der Waals surface area contributed by atoms with E-state index in [1.165, 1.54) is 17.0 Å². The summed E-state index contributed by atoms with van der Waals surface area (Å²) >= 11 is 5.96. The predicted octanol–water partition coefficient (Wildman–Crippen LogP) is 6.70. The van der Waals surface area contributed by atoms with E-state index in [4.69, 9.17) is 30.5 Å². The van der Waals surface area contributed by atoms with Crippen molar-refractivity contribution in [2.75, 3.05) is 26.4 Å². The van der Waals surface area contributed by atoms with E-state index < -0.39 is 23.8 Å². The van der Waals surface area contributed by atoms with Crippen LogP contribution >= 0.6 is 11.6 Å². The molecule has 0 radical (unpaired) electrons. The number of alkyl halides is 3. The Labute approximate surface area is 216 Å². The van der Waals surface area contributed by atoms with Gasteiger partial charge in [-0.25, -0.2) is 4.79 Å². The van der Waals surface area contributed by atoms with Gasteiger partial charge in [0.15, 0.2) is 6.29 Å². The lowest BCUT2D eigenvalue weighted by Crippen LogP contribution is -2.37. The molecule has 206 valence electrons. The number of benzene rings is 1. The molecular formula is C25H37ClF3NO6. The van der Waals surface area contributed by atoms with Gasteiger partial charge in [-0.2, -0.15) is 0 Å². The molecule has 1 fully saturated rings. The van der Waals surface area contributed by atoms with Crippen molar-refractivity contribution in [3.8, 4) is 5.75 Å². The van der Waals surface area contributed by atoms with Crippen LogP contribution in [0.4, 0.5) is 18.0 Å². The lowest BCUT2D eigenvalue weighted by Gasteiger charge is -2.28. The Morgan fingerprint density at radius 3 is 2.58 bits per heavy atom. The van der Waals surface area contributed by atoms with Gasteiger partial charge in [0.1, 0.15) is 11.4 Å². The van der Waals surface area contributed by atoms with Gasteiger partial charge in [0, 0.05) is 26.3 Å². The van der Waals surface area contributed by atoms with Crippen LogP contribution in [0.15, 0.2) is 18.2 Å². The minimum atomic E-state index is -4.84. The van der Waals surface area contributed by atoms with Crippen molar-refractivity contribution >= 4 is 17.7 Å². The molecule has 1 aromatic carbocycles. The average Bonchev–Trinajstić information content (AvgIpc) is 2.75. The largest absolute Gasteiger partial charge is 0.573 e. The van der Waals surface area contributed by atoms with Crippen LogP contribution in [-0.2, 0) is 25.5 Å². The van der Waals surface area contributed by atoms with E-state index >= 15 is 0 Å². The van der Waals surface area contributed by atoms with Crippen molar-refractivity contribution in [2.24, 2.45) is 0 Å². The van der Waals surface area contributed by atoms with Crippen molar-refractivity contribution in [3.05, 3.63) is 28.8 Å². The molecule has 0 spiro atoms. The Bertz CT molecular complexity index is 812. The number of ether oxygens (including phenoxy) is 5. The van der Waals surface area contributed by atoms with Gasteiger partial charge in [0.25, 0.3) is 0 Å². The van der Waals surface area contributed by atoms with Crippen LogP contribution in [0.25, 0.3) is 0 Å². The molecule has 1 amide bonds. The zero-order valence-electron chi connectivity index (χ0n) is 21.4. The molecule has 2 rings (SSSR count). The minimum Gasteiger partial charge on any atom is -0.444 e. The van der Waals surface area contributed by atoms with Gasteiger partial charge in [-0.1, -0.05) is 17.7 Å². The first-order chi connectivity index (χ1) is 16.8. The van der Waals surface area contributed by atoms with Crippen LogP contribution < -0.4 is 4.74 Å². The first kappa shape index (κ1) is 30.5. The second-order valence-corrected chi connectivity index (χ2v) is 10.1. The molecule has 2 atom stereocenters. The van der Waals surface area contributed by atoms with Gasteiger partial charge in [-0.05, 0) is 77.5 Å². The highest BCUT2D eigenvalue weighted by molar-refractivity contribution is 6.32. The Balaban J connectivity index is 1.83. The smallest absolute Gasteiger partial charge is 0.444 e. The fourth-order valence-corrected chi connectivity index (χ4v) is 3.75. The summed E-state index contributed by atoms with van der Waals surface area (Å²) in [5.74, 6) is -0.498. The first-order valence-corrected chi connectivity index (χ1v) is 12.6. The summed E-state index contributed by atoms with van der Waals surface area (Å²) < 4.78 is 64.0. The standard InChI is InChI=1S/C25H37ClF3NO6/c1-18(34-22-9-5-7-14-33-22)17-32-13-8-6-12-30(23(31)36-24(2,3)4)16-19-10-11-21(20(26)15-19)35-25(27,28)29/h10-11,15,18,22H,5-9,12-14,16-17H2,1-4H3/t18-,22?/m1/s1. The fraction of sp³-hybridized carbons (Fsp3) is 0.720. The van der Waals surface area contributed by atoms with Gasteiger partial charge in [0.2, 0.25) is 0 Å². The van der Waals surface area contributed by atoms with Gasteiger partial charge >= 0.3 is 12.5 Å². The quantitative estimate of drug-likeness (QED) is 0.275. The molecule has 0 bridgehead atoms. The van der Waals surface area contributed by atoms with Crippen LogP contribution in [0.2, 0.25) is 5.02 Å². The van der Waals surface area contributed by atoms with Gasteiger partial charge in [0.05, 0.1) is 17.7 Å². The Kier molecular flexibility index (Phi) is 12.1. The molecule has 0 N–H and O–H groups in total. The molecule has 0 aromatic heterocycles. The molecule has 11 heteroatoms.